The molecule has 1 amide bonds. The summed E-state index contributed by atoms with van der Waals surface area (Å²) in [5, 5.41) is 2.90. The minimum atomic E-state index is -4.43. The summed E-state index contributed by atoms with van der Waals surface area (Å²) in [4.78, 5) is 17.8. The Morgan fingerprint density at radius 2 is 1.67 bits per heavy atom. The first-order valence-corrected chi connectivity index (χ1v) is 11.6. The zero-order valence-corrected chi connectivity index (χ0v) is 20.0. The number of hydrogen-bond acceptors (Lipinski definition) is 4. The average Bonchev–Trinajstić information content (AvgIpc) is 2.89. The van der Waals surface area contributed by atoms with Gasteiger partial charge in [-0.05, 0) is 65.7 Å². The largest absolute Gasteiger partial charge is 0.497 e. The first-order valence-electron chi connectivity index (χ1n) is 11.6. The molecule has 0 bridgehead atoms. The predicted molar refractivity (Wildman–Crippen MR) is 137 cm³/mol. The van der Waals surface area contributed by atoms with E-state index in [1.807, 2.05) is 30.3 Å². The number of ether oxygens (including phenoxy) is 1. The normalized spacial score (nSPS) is 14.4. The maximum Gasteiger partial charge on any atom is 0.416 e. The van der Waals surface area contributed by atoms with Crippen LogP contribution in [0, 0.1) is 0 Å². The van der Waals surface area contributed by atoms with Crippen molar-refractivity contribution in [3.05, 3.63) is 90.5 Å². The number of amides is 1. The lowest BCUT2D eigenvalue weighted by Crippen LogP contribution is -2.46. The number of carbonyl (C=O) groups is 1. The zero-order chi connectivity index (χ0) is 25.7. The lowest BCUT2D eigenvalue weighted by molar-refractivity contribution is -0.137. The van der Waals surface area contributed by atoms with E-state index in [0.717, 1.165) is 50.5 Å². The molecule has 1 aliphatic rings. The Morgan fingerprint density at radius 1 is 1.00 bits per heavy atom. The first-order chi connectivity index (χ1) is 17.3. The molecule has 188 valence electrons. The van der Waals surface area contributed by atoms with Gasteiger partial charge in [0.2, 0.25) is 0 Å². The molecule has 1 fully saturated rings. The van der Waals surface area contributed by atoms with Gasteiger partial charge < -0.3 is 15.0 Å². The molecule has 0 spiro atoms. The highest BCUT2D eigenvalue weighted by atomic mass is 19.4. The van der Waals surface area contributed by atoms with Crippen molar-refractivity contribution < 1.29 is 22.7 Å². The number of benzene rings is 3. The molecule has 1 aliphatic heterocycles. The third-order valence-corrected chi connectivity index (χ3v) is 6.24. The number of hydrogen-bond donors (Lipinski definition) is 1. The summed E-state index contributed by atoms with van der Waals surface area (Å²) in [6.45, 7) is 8.45. The Kier molecular flexibility index (Phi) is 7.64. The quantitative estimate of drug-likeness (QED) is 0.412. The average molecular weight is 496 g/mol. The van der Waals surface area contributed by atoms with E-state index in [4.69, 9.17) is 4.74 Å². The van der Waals surface area contributed by atoms with Gasteiger partial charge in [-0.2, -0.15) is 13.2 Å². The fourth-order valence-corrected chi connectivity index (χ4v) is 4.25. The minimum Gasteiger partial charge on any atom is -0.497 e. The van der Waals surface area contributed by atoms with E-state index in [2.05, 4.69) is 21.7 Å². The lowest BCUT2D eigenvalue weighted by Gasteiger charge is -2.35. The topological polar surface area (TPSA) is 44.8 Å². The monoisotopic (exact) mass is 495 g/mol. The second-order valence-electron chi connectivity index (χ2n) is 8.56. The fourth-order valence-electron chi connectivity index (χ4n) is 4.25. The highest BCUT2D eigenvalue weighted by molar-refractivity contribution is 6.09. The number of anilines is 2. The maximum absolute atomic E-state index is 13.2. The van der Waals surface area contributed by atoms with Crippen molar-refractivity contribution in [3.63, 3.8) is 0 Å². The first kappa shape index (κ1) is 25.3. The number of halogens is 3. The number of nitrogens with one attached hydrogen (secondary N) is 1. The summed E-state index contributed by atoms with van der Waals surface area (Å²) in [7, 11) is 1.49. The van der Waals surface area contributed by atoms with E-state index in [0.29, 0.717) is 28.1 Å². The van der Waals surface area contributed by atoms with Gasteiger partial charge in [0.15, 0.2) is 0 Å². The van der Waals surface area contributed by atoms with Crippen LogP contribution in [0.4, 0.5) is 24.5 Å². The molecule has 0 radical (unpaired) electrons. The number of nitrogens with zero attached hydrogens (tertiary/aromatic N) is 2. The van der Waals surface area contributed by atoms with Crippen LogP contribution in [0.5, 0.6) is 5.75 Å². The van der Waals surface area contributed by atoms with Gasteiger partial charge in [0.1, 0.15) is 5.75 Å². The molecule has 1 heterocycles. The van der Waals surface area contributed by atoms with Crippen LogP contribution in [-0.4, -0.2) is 50.6 Å². The Morgan fingerprint density at radius 3 is 2.25 bits per heavy atom. The number of carbonyl (C=O) groups excluding carboxylic acids is 1. The van der Waals surface area contributed by atoms with Crippen LogP contribution < -0.4 is 15.0 Å². The molecule has 3 aromatic rings. The summed E-state index contributed by atoms with van der Waals surface area (Å²) in [6.07, 6.45) is -2.52. The zero-order valence-electron chi connectivity index (χ0n) is 20.0. The molecule has 1 saturated heterocycles. The minimum absolute atomic E-state index is 0.331. The third kappa shape index (κ3) is 5.88. The van der Waals surface area contributed by atoms with E-state index < -0.39 is 11.7 Å². The van der Waals surface area contributed by atoms with Gasteiger partial charge in [-0.15, -0.1) is 6.58 Å². The molecule has 0 atom stereocenters. The molecule has 4 rings (SSSR count). The van der Waals surface area contributed by atoms with E-state index in [1.165, 1.54) is 19.2 Å². The van der Waals surface area contributed by atoms with E-state index in [-0.39, 0.29) is 5.91 Å². The summed E-state index contributed by atoms with van der Waals surface area (Å²) < 4.78 is 44.3. The van der Waals surface area contributed by atoms with Crippen molar-refractivity contribution in [3.8, 4) is 16.9 Å². The van der Waals surface area contributed by atoms with Crippen molar-refractivity contribution in [1.29, 1.82) is 0 Å². The van der Waals surface area contributed by atoms with Crippen LogP contribution in [0.3, 0.4) is 0 Å². The van der Waals surface area contributed by atoms with Gasteiger partial charge >= 0.3 is 6.18 Å². The Hall–Kier alpha value is -3.78. The van der Waals surface area contributed by atoms with Gasteiger partial charge in [0.05, 0.1) is 12.7 Å². The van der Waals surface area contributed by atoms with Crippen molar-refractivity contribution in [2.75, 3.05) is 50.1 Å². The highest BCUT2D eigenvalue weighted by Crippen LogP contribution is 2.33. The van der Waals surface area contributed by atoms with Gasteiger partial charge in [-0.1, -0.05) is 18.2 Å². The summed E-state index contributed by atoms with van der Waals surface area (Å²) in [6, 6.07) is 17.3. The molecule has 5 nitrogen and oxygen atoms in total. The summed E-state index contributed by atoms with van der Waals surface area (Å²) in [5.74, 6) is 0.136. The number of piperazine rings is 1. The molecule has 3 aromatic carbocycles. The molecular formula is C28H28F3N3O2. The van der Waals surface area contributed by atoms with Crippen molar-refractivity contribution in [2.45, 2.75) is 6.18 Å². The molecule has 0 aromatic heterocycles. The van der Waals surface area contributed by atoms with Gasteiger partial charge in [-0.25, -0.2) is 0 Å². The van der Waals surface area contributed by atoms with Crippen LogP contribution in [0.1, 0.15) is 15.9 Å². The predicted octanol–water partition coefficient (Wildman–Crippen LogP) is 5.94. The molecule has 1 N–H and O–H groups in total. The second kappa shape index (κ2) is 10.9. The molecule has 0 saturated carbocycles. The van der Waals surface area contributed by atoms with Crippen molar-refractivity contribution in [2.24, 2.45) is 0 Å². The fraction of sp³-hybridized carbons (Fsp3) is 0.250. The third-order valence-electron chi connectivity index (χ3n) is 6.24. The smallest absolute Gasteiger partial charge is 0.416 e. The summed E-state index contributed by atoms with van der Waals surface area (Å²) in [5.41, 5.74) is 2.26. The second-order valence-corrected chi connectivity index (χ2v) is 8.56. The maximum atomic E-state index is 13.2. The van der Waals surface area contributed by atoms with Crippen LogP contribution >= 0.6 is 0 Å². The summed E-state index contributed by atoms with van der Waals surface area (Å²) >= 11 is 0. The van der Waals surface area contributed by atoms with E-state index >= 15 is 0 Å². The molecule has 36 heavy (non-hydrogen) atoms. The number of rotatable bonds is 7. The van der Waals surface area contributed by atoms with Gasteiger partial charge in [0.25, 0.3) is 5.91 Å². The lowest BCUT2D eigenvalue weighted by atomic mass is 9.97. The molecule has 0 unspecified atom stereocenters. The van der Waals surface area contributed by atoms with Crippen LogP contribution in [0.2, 0.25) is 0 Å². The standard InChI is InChI=1S/C28H28F3N3O2/c1-3-14-33-15-17-34(18-16-33)23-10-8-22(9-11-23)32-27(35)25-13-12-24(36-2)19-26(25)20-4-6-21(7-5-20)28(29,30)31/h3-13,19H,1,14-18H2,2H3,(H,32,35). The van der Waals surface area contributed by atoms with Crippen molar-refractivity contribution in [1.82, 2.24) is 4.90 Å². The molecular weight excluding hydrogens is 467 g/mol. The van der Waals surface area contributed by atoms with Gasteiger partial charge in [-0.3, -0.25) is 9.69 Å². The van der Waals surface area contributed by atoms with Crippen LogP contribution in [-0.2, 0) is 6.18 Å². The Bertz CT molecular complexity index is 1200. The van der Waals surface area contributed by atoms with Crippen LogP contribution in [0.15, 0.2) is 79.4 Å². The SMILES string of the molecule is C=CCN1CCN(c2ccc(NC(=O)c3ccc(OC)cc3-c3ccc(C(F)(F)F)cc3)cc2)CC1. The Labute approximate surface area is 208 Å². The van der Waals surface area contributed by atoms with E-state index in [1.54, 1.807) is 18.2 Å². The Balaban J connectivity index is 1.50. The van der Waals surface area contributed by atoms with Crippen LogP contribution in [0.25, 0.3) is 11.1 Å². The number of alkyl halides is 3. The molecule has 8 heteroatoms. The number of methoxy groups -OCH3 is 1. The van der Waals surface area contributed by atoms with E-state index in [9.17, 15) is 18.0 Å². The van der Waals surface area contributed by atoms with Gasteiger partial charge in [0, 0.05) is 49.7 Å². The van der Waals surface area contributed by atoms with Crippen molar-refractivity contribution >= 4 is 17.3 Å². The highest BCUT2D eigenvalue weighted by Gasteiger charge is 2.30. The molecule has 0 aliphatic carbocycles.